The molecule has 6 heteroatoms. The van der Waals surface area contributed by atoms with Crippen LogP contribution in [0.2, 0.25) is 0 Å². The highest BCUT2D eigenvalue weighted by atomic mass is 16.5. The summed E-state index contributed by atoms with van der Waals surface area (Å²) in [6, 6.07) is 23.8. The Bertz CT molecular complexity index is 1060. The fourth-order valence-electron chi connectivity index (χ4n) is 4.67. The van der Waals surface area contributed by atoms with Crippen LogP contribution in [0.25, 0.3) is 6.08 Å². The van der Waals surface area contributed by atoms with Gasteiger partial charge in [-0.25, -0.2) is 0 Å². The molecule has 3 aromatic rings. The predicted molar refractivity (Wildman–Crippen MR) is 145 cm³/mol. The molecule has 0 unspecified atom stereocenters. The van der Waals surface area contributed by atoms with Gasteiger partial charge in [-0.3, -0.25) is 14.7 Å². The van der Waals surface area contributed by atoms with Gasteiger partial charge < -0.3 is 15.0 Å². The first-order chi connectivity index (χ1) is 17.7. The number of pyridine rings is 1. The minimum atomic E-state index is -0.0840. The third-order valence-electron chi connectivity index (χ3n) is 6.60. The van der Waals surface area contributed by atoms with Crippen LogP contribution < -0.4 is 10.1 Å². The molecule has 0 aliphatic carbocycles. The van der Waals surface area contributed by atoms with Gasteiger partial charge in [0.1, 0.15) is 5.75 Å². The number of hydrogen-bond donors (Lipinski definition) is 1. The summed E-state index contributed by atoms with van der Waals surface area (Å²) in [6.45, 7) is 5.99. The number of ether oxygens (including phenoxy) is 1. The Morgan fingerprint density at radius 3 is 2.28 bits per heavy atom. The van der Waals surface area contributed by atoms with E-state index in [1.54, 1.807) is 31.7 Å². The van der Waals surface area contributed by atoms with Gasteiger partial charge in [0, 0.05) is 45.0 Å². The van der Waals surface area contributed by atoms with Crippen molar-refractivity contribution in [1.29, 1.82) is 0 Å². The number of methoxy groups -OCH3 is 1. The fraction of sp³-hybridized carbons (Fsp3) is 0.333. The number of aromatic nitrogens is 1. The highest BCUT2D eigenvalue weighted by molar-refractivity contribution is 5.91. The first kappa shape index (κ1) is 25.6. The van der Waals surface area contributed by atoms with Gasteiger partial charge >= 0.3 is 0 Å². The Balaban J connectivity index is 1.17. The number of rotatable bonds is 11. The number of carbonyl (C=O) groups excluding carboxylic acids is 1. The Morgan fingerprint density at radius 1 is 0.972 bits per heavy atom. The lowest BCUT2D eigenvalue weighted by Crippen LogP contribution is -2.48. The van der Waals surface area contributed by atoms with Crippen molar-refractivity contribution in [1.82, 2.24) is 20.1 Å². The molecule has 1 aromatic heterocycles. The van der Waals surface area contributed by atoms with E-state index in [-0.39, 0.29) is 5.91 Å². The van der Waals surface area contributed by atoms with E-state index < -0.39 is 0 Å². The van der Waals surface area contributed by atoms with Crippen molar-refractivity contribution in [2.75, 3.05) is 46.4 Å². The summed E-state index contributed by atoms with van der Waals surface area (Å²) in [6.07, 6.45) is 8.69. The van der Waals surface area contributed by atoms with Crippen molar-refractivity contribution in [3.05, 3.63) is 102 Å². The van der Waals surface area contributed by atoms with E-state index >= 15 is 0 Å². The number of carbonyl (C=O) groups is 1. The summed E-state index contributed by atoms with van der Waals surface area (Å²) >= 11 is 0. The molecule has 1 N–H and O–H groups in total. The average Bonchev–Trinajstić information content (AvgIpc) is 2.94. The predicted octanol–water partition coefficient (Wildman–Crippen LogP) is 4.41. The third-order valence-corrected chi connectivity index (χ3v) is 6.60. The van der Waals surface area contributed by atoms with Crippen molar-refractivity contribution < 1.29 is 9.53 Å². The Labute approximate surface area is 214 Å². The molecule has 1 aliphatic heterocycles. The lowest BCUT2D eigenvalue weighted by atomic mass is 9.96. The largest absolute Gasteiger partial charge is 0.495 e. The zero-order valence-corrected chi connectivity index (χ0v) is 21.1. The van der Waals surface area contributed by atoms with E-state index in [0.29, 0.717) is 18.3 Å². The molecule has 1 amide bonds. The molecule has 0 radical (unpaired) electrons. The van der Waals surface area contributed by atoms with E-state index in [0.717, 1.165) is 51.1 Å². The SMILES string of the molecule is COc1cncc(/C=C/C(=O)NCCCCN2CCN(C(c3ccccc3)c3ccccc3)CC2)c1. The van der Waals surface area contributed by atoms with Crippen molar-refractivity contribution >= 4 is 12.0 Å². The lowest BCUT2D eigenvalue weighted by Gasteiger charge is -2.39. The second-order valence-electron chi connectivity index (χ2n) is 9.09. The van der Waals surface area contributed by atoms with Crippen molar-refractivity contribution in [2.45, 2.75) is 18.9 Å². The number of piperazine rings is 1. The van der Waals surface area contributed by atoms with Crippen LogP contribution >= 0.6 is 0 Å². The molecule has 4 rings (SSSR count). The molecule has 2 heterocycles. The second-order valence-corrected chi connectivity index (χ2v) is 9.09. The number of unbranched alkanes of at least 4 members (excludes halogenated alkanes) is 1. The highest BCUT2D eigenvalue weighted by Gasteiger charge is 2.26. The topological polar surface area (TPSA) is 57.7 Å². The number of nitrogens with one attached hydrogen (secondary N) is 1. The molecule has 2 aromatic carbocycles. The van der Waals surface area contributed by atoms with Crippen LogP contribution in [0.15, 0.2) is 85.2 Å². The second kappa shape index (κ2) is 13.6. The maximum Gasteiger partial charge on any atom is 0.243 e. The zero-order valence-electron chi connectivity index (χ0n) is 21.1. The molecule has 1 fully saturated rings. The maximum absolute atomic E-state index is 12.1. The van der Waals surface area contributed by atoms with Gasteiger partial charge in [0.2, 0.25) is 5.91 Å². The molecular weight excluding hydrogens is 448 g/mol. The molecule has 6 nitrogen and oxygen atoms in total. The van der Waals surface area contributed by atoms with E-state index in [2.05, 4.69) is 80.8 Å². The number of amides is 1. The van der Waals surface area contributed by atoms with Crippen LogP contribution in [0, 0.1) is 0 Å². The molecule has 0 spiro atoms. The van der Waals surface area contributed by atoms with E-state index in [4.69, 9.17) is 4.74 Å². The van der Waals surface area contributed by atoms with Gasteiger partial charge in [-0.1, -0.05) is 60.7 Å². The molecule has 0 atom stereocenters. The Hall–Kier alpha value is -3.48. The van der Waals surface area contributed by atoms with Crippen molar-refractivity contribution in [3.8, 4) is 5.75 Å². The summed E-state index contributed by atoms with van der Waals surface area (Å²) in [4.78, 5) is 21.3. The van der Waals surface area contributed by atoms with Crippen LogP contribution in [0.1, 0.15) is 35.6 Å². The van der Waals surface area contributed by atoms with E-state index in [9.17, 15) is 4.79 Å². The van der Waals surface area contributed by atoms with Crippen LogP contribution in [-0.2, 0) is 4.79 Å². The summed E-state index contributed by atoms with van der Waals surface area (Å²) in [7, 11) is 1.60. The third kappa shape index (κ3) is 7.51. The van der Waals surface area contributed by atoms with Crippen molar-refractivity contribution in [2.24, 2.45) is 0 Å². The molecule has 1 saturated heterocycles. The van der Waals surface area contributed by atoms with Gasteiger partial charge in [-0.2, -0.15) is 0 Å². The summed E-state index contributed by atoms with van der Waals surface area (Å²) < 4.78 is 5.16. The van der Waals surface area contributed by atoms with E-state index in [1.165, 1.54) is 11.1 Å². The molecule has 0 saturated carbocycles. The standard InChI is InChI=1S/C30H36N4O2/c1-36-28-22-25(23-31-24-28)14-15-29(35)32-16-8-9-17-33-18-20-34(21-19-33)30(26-10-4-2-5-11-26)27-12-6-3-7-13-27/h2-7,10-15,22-24,30H,8-9,16-21H2,1H3,(H,32,35)/b15-14+. The van der Waals surface area contributed by atoms with Crippen LogP contribution in [0.4, 0.5) is 0 Å². The Morgan fingerprint density at radius 2 is 1.64 bits per heavy atom. The molecule has 1 aliphatic rings. The molecular formula is C30H36N4O2. The quantitative estimate of drug-likeness (QED) is 0.323. The highest BCUT2D eigenvalue weighted by Crippen LogP contribution is 2.29. The minimum absolute atomic E-state index is 0.0840. The number of nitrogens with zero attached hydrogens (tertiary/aromatic N) is 3. The average molecular weight is 485 g/mol. The van der Waals surface area contributed by atoms with Crippen LogP contribution in [0.5, 0.6) is 5.75 Å². The normalized spacial score (nSPS) is 14.8. The van der Waals surface area contributed by atoms with Gasteiger partial charge in [-0.15, -0.1) is 0 Å². The molecule has 36 heavy (non-hydrogen) atoms. The first-order valence-electron chi connectivity index (χ1n) is 12.7. The smallest absolute Gasteiger partial charge is 0.243 e. The molecule has 188 valence electrons. The fourth-order valence-corrected chi connectivity index (χ4v) is 4.67. The number of benzene rings is 2. The zero-order chi connectivity index (χ0) is 25.0. The monoisotopic (exact) mass is 484 g/mol. The summed E-state index contributed by atoms with van der Waals surface area (Å²) in [5.74, 6) is 0.591. The first-order valence-corrected chi connectivity index (χ1v) is 12.7. The van der Waals surface area contributed by atoms with Crippen LogP contribution in [0.3, 0.4) is 0 Å². The van der Waals surface area contributed by atoms with Crippen molar-refractivity contribution in [3.63, 3.8) is 0 Å². The lowest BCUT2D eigenvalue weighted by molar-refractivity contribution is -0.116. The van der Waals surface area contributed by atoms with Gasteiger partial charge in [0.05, 0.1) is 19.3 Å². The maximum atomic E-state index is 12.1. The van der Waals surface area contributed by atoms with Crippen LogP contribution in [-0.4, -0.2) is 67.1 Å². The van der Waals surface area contributed by atoms with Gasteiger partial charge in [-0.05, 0) is 48.2 Å². The summed E-state index contributed by atoms with van der Waals surface area (Å²) in [5.41, 5.74) is 3.54. The minimum Gasteiger partial charge on any atom is -0.495 e. The molecule has 0 bridgehead atoms. The number of hydrogen-bond acceptors (Lipinski definition) is 5. The summed E-state index contributed by atoms with van der Waals surface area (Å²) in [5, 5.41) is 2.97. The van der Waals surface area contributed by atoms with Gasteiger partial charge in [0.25, 0.3) is 0 Å². The van der Waals surface area contributed by atoms with E-state index in [1.807, 2.05) is 6.07 Å². The Kier molecular flexibility index (Phi) is 9.65. The van der Waals surface area contributed by atoms with Gasteiger partial charge in [0.15, 0.2) is 0 Å².